The van der Waals surface area contributed by atoms with Gasteiger partial charge in [0.2, 0.25) is 0 Å². The molecule has 0 saturated heterocycles. The van der Waals surface area contributed by atoms with Crippen molar-refractivity contribution < 1.29 is 8.42 Å². The molecule has 1 N–H and O–H groups in total. The number of nitrogens with one attached hydrogen (secondary N) is 1. The van der Waals surface area contributed by atoms with Crippen LogP contribution in [0.5, 0.6) is 0 Å². The zero-order valence-electron chi connectivity index (χ0n) is 13.0. The van der Waals surface area contributed by atoms with Crippen molar-refractivity contribution in [3.8, 4) is 5.69 Å². The van der Waals surface area contributed by atoms with E-state index in [2.05, 4.69) is 15.1 Å². The molecule has 0 aliphatic heterocycles. The SMILES string of the molecule is Cc1ccc(S(=O)(=O)Nc2ccc(-n3nnn(C)c3=O)cc2)cc1. The van der Waals surface area contributed by atoms with Crippen LogP contribution in [0.3, 0.4) is 0 Å². The fraction of sp³-hybridized carbons (Fsp3) is 0.133. The van der Waals surface area contributed by atoms with Gasteiger partial charge in [0, 0.05) is 12.7 Å². The molecule has 8 nitrogen and oxygen atoms in total. The number of nitrogens with zero attached hydrogens (tertiary/aromatic N) is 4. The molecule has 0 aliphatic rings. The largest absolute Gasteiger partial charge is 0.368 e. The maximum Gasteiger partial charge on any atom is 0.368 e. The van der Waals surface area contributed by atoms with Gasteiger partial charge in [-0.3, -0.25) is 4.72 Å². The highest BCUT2D eigenvalue weighted by molar-refractivity contribution is 7.92. The zero-order chi connectivity index (χ0) is 17.3. The van der Waals surface area contributed by atoms with Gasteiger partial charge in [-0.15, -0.1) is 0 Å². The van der Waals surface area contributed by atoms with Gasteiger partial charge in [0.1, 0.15) is 0 Å². The number of rotatable bonds is 4. The van der Waals surface area contributed by atoms with E-state index in [0.717, 1.165) is 14.9 Å². The van der Waals surface area contributed by atoms with Gasteiger partial charge >= 0.3 is 5.69 Å². The minimum Gasteiger partial charge on any atom is -0.280 e. The fourth-order valence-corrected chi connectivity index (χ4v) is 3.14. The molecule has 24 heavy (non-hydrogen) atoms. The Morgan fingerprint density at radius 1 is 0.958 bits per heavy atom. The first kappa shape index (κ1) is 15.9. The van der Waals surface area contributed by atoms with Crippen molar-refractivity contribution in [2.45, 2.75) is 11.8 Å². The van der Waals surface area contributed by atoms with Gasteiger partial charge in [0.15, 0.2) is 0 Å². The molecule has 124 valence electrons. The fourth-order valence-electron chi connectivity index (χ4n) is 2.08. The summed E-state index contributed by atoms with van der Waals surface area (Å²) in [7, 11) is -2.17. The Kier molecular flexibility index (Phi) is 3.94. The third kappa shape index (κ3) is 3.06. The monoisotopic (exact) mass is 345 g/mol. The maximum atomic E-state index is 12.3. The molecule has 1 aromatic heterocycles. The first-order chi connectivity index (χ1) is 11.4. The average Bonchev–Trinajstić information content (AvgIpc) is 2.88. The van der Waals surface area contributed by atoms with Crippen LogP contribution in [0.4, 0.5) is 5.69 Å². The van der Waals surface area contributed by atoms with Crippen LogP contribution in [0, 0.1) is 6.92 Å². The minimum atomic E-state index is -3.66. The number of anilines is 1. The summed E-state index contributed by atoms with van der Waals surface area (Å²) in [6.45, 7) is 1.89. The highest BCUT2D eigenvalue weighted by Gasteiger charge is 2.14. The van der Waals surface area contributed by atoms with Crippen molar-refractivity contribution in [1.29, 1.82) is 0 Å². The van der Waals surface area contributed by atoms with E-state index in [1.807, 2.05) is 6.92 Å². The van der Waals surface area contributed by atoms with Crippen molar-refractivity contribution in [2.24, 2.45) is 7.05 Å². The molecule has 0 saturated carbocycles. The van der Waals surface area contributed by atoms with Gasteiger partial charge in [-0.25, -0.2) is 13.2 Å². The van der Waals surface area contributed by atoms with Crippen LogP contribution < -0.4 is 10.4 Å². The van der Waals surface area contributed by atoms with Gasteiger partial charge in [0.25, 0.3) is 10.0 Å². The van der Waals surface area contributed by atoms with Crippen LogP contribution in [0.15, 0.2) is 58.2 Å². The summed E-state index contributed by atoms with van der Waals surface area (Å²) < 4.78 is 29.4. The first-order valence-electron chi connectivity index (χ1n) is 7.06. The van der Waals surface area contributed by atoms with E-state index >= 15 is 0 Å². The number of hydrogen-bond donors (Lipinski definition) is 1. The third-order valence-electron chi connectivity index (χ3n) is 3.42. The number of sulfonamides is 1. The van der Waals surface area contributed by atoms with E-state index in [-0.39, 0.29) is 10.6 Å². The smallest absolute Gasteiger partial charge is 0.280 e. The molecule has 0 atom stereocenters. The summed E-state index contributed by atoms with van der Waals surface area (Å²) >= 11 is 0. The summed E-state index contributed by atoms with van der Waals surface area (Å²) in [5.41, 5.74) is 1.47. The highest BCUT2D eigenvalue weighted by Crippen LogP contribution is 2.17. The summed E-state index contributed by atoms with van der Waals surface area (Å²) in [5, 5.41) is 7.35. The van der Waals surface area contributed by atoms with Gasteiger partial charge < -0.3 is 0 Å². The Balaban J connectivity index is 1.85. The van der Waals surface area contributed by atoms with Crippen LogP contribution in [-0.4, -0.2) is 28.2 Å². The number of tetrazole rings is 1. The molecule has 0 spiro atoms. The molecule has 2 aromatic carbocycles. The van der Waals surface area contributed by atoms with E-state index in [9.17, 15) is 13.2 Å². The van der Waals surface area contributed by atoms with Crippen LogP contribution in [0.2, 0.25) is 0 Å². The molecule has 0 fully saturated rings. The highest BCUT2D eigenvalue weighted by atomic mass is 32.2. The van der Waals surface area contributed by atoms with Crippen LogP contribution in [-0.2, 0) is 17.1 Å². The van der Waals surface area contributed by atoms with Gasteiger partial charge in [-0.05, 0) is 53.7 Å². The second-order valence-electron chi connectivity index (χ2n) is 5.26. The molecular weight excluding hydrogens is 330 g/mol. The summed E-state index contributed by atoms with van der Waals surface area (Å²) in [4.78, 5) is 12.0. The lowest BCUT2D eigenvalue weighted by Crippen LogP contribution is -2.21. The number of hydrogen-bond acceptors (Lipinski definition) is 5. The topological polar surface area (TPSA) is 98.9 Å². The molecule has 0 amide bonds. The van der Waals surface area contributed by atoms with Crippen molar-refractivity contribution in [1.82, 2.24) is 19.8 Å². The minimum absolute atomic E-state index is 0.183. The molecular formula is C15H15N5O3S. The second kappa shape index (κ2) is 5.93. The summed E-state index contributed by atoms with van der Waals surface area (Å²) in [5.74, 6) is 0. The first-order valence-corrected chi connectivity index (χ1v) is 8.54. The molecule has 0 unspecified atom stereocenters. The van der Waals surface area contributed by atoms with E-state index in [1.54, 1.807) is 48.5 Å². The molecule has 0 radical (unpaired) electrons. The van der Waals surface area contributed by atoms with E-state index in [0.29, 0.717) is 11.4 Å². The Morgan fingerprint density at radius 3 is 2.12 bits per heavy atom. The molecule has 9 heteroatoms. The van der Waals surface area contributed by atoms with E-state index < -0.39 is 10.0 Å². The van der Waals surface area contributed by atoms with Crippen molar-refractivity contribution >= 4 is 15.7 Å². The van der Waals surface area contributed by atoms with Crippen LogP contribution >= 0.6 is 0 Å². The van der Waals surface area contributed by atoms with E-state index in [1.165, 1.54) is 7.05 Å². The number of aromatic nitrogens is 4. The van der Waals surface area contributed by atoms with Gasteiger partial charge in [-0.2, -0.15) is 9.36 Å². The summed E-state index contributed by atoms with van der Waals surface area (Å²) in [6, 6.07) is 12.9. The predicted molar refractivity (Wildman–Crippen MR) is 88.6 cm³/mol. The lowest BCUT2D eigenvalue weighted by atomic mass is 10.2. The average molecular weight is 345 g/mol. The predicted octanol–water partition coefficient (Wildman–Crippen LogP) is 1.08. The van der Waals surface area contributed by atoms with Crippen LogP contribution in [0.1, 0.15) is 5.56 Å². The molecule has 3 rings (SSSR count). The maximum absolute atomic E-state index is 12.3. The van der Waals surface area contributed by atoms with E-state index in [4.69, 9.17) is 0 Å². The quantitative estimate of drug-likeness (QED) is 0.763. The molecule has 1 heterocycles. The Morgan fingerprint density at radius 2 is 1.58 bits per heavy atom. The van der Waals surface area contributed by atoms with Gasteiger partial charge in [-0.1, -0.05) is 17.7 Å². The molecule has 0 bridgehead atoms. The third-order valence-corrected chi connectivity index (χ3v) is 4.81. The van der Waals surface area contributed by atoms with Crippen molar-refractivity contribution in [2.75, 3.05) is 4.72 Å². The molecule has 0 aliphatic carbocycles. The Bertz CT molecular complexity index is 1020. The normalized spacial score (nSPS) is 11.4. The van der Waals surface area contributed by atoms with Crippen molar-refractivity contribution in [3.63, 3.8) is 0 Å². The standard InChI is InChI=1S/C15H15N5O3S/c1-11-3-9-14(10-4-11)24(22,23)16-12-5-7-13(8-6-12)20-15(21)19(2)17-18-20/h3-10,16H,1-2H3. The van der Waals surface area contributed by atoms with Crippen molar-refractivity contribution in [3.05, 3.63) is 64.6 Å². The second-order valence-corrected chi connectivity index (χ2v) is 6.94. The lowest BCUT2D eigenvalue weighted by molar-refractivity contribution is 0.601. The summed E-state index contributed by atoms with van der Waals surface area (Å²) in [6.07, 6.45) is 0. The van der Waals surface area contributed by atoms with Gasteiger partial charge in [0.05, 0.1) is 10.6 Å². The Labute approximate surface area is 138 Å². The lowest BCUT2D eigenvalue weighted by Gasteiger charge is -2.09. The van der Waals surface area contributed by atoms with Crippen LogP contribution in [0.25, 0.3) is 5.69 Å². The molecule has 3 aromatic rings. The number of aryl methyl sites for hydroxylation is 2. The Hall–Kier alpha value is -2.94. The number of benzene rings is 2. The zero-order valence-corrected chi connectivity index (χ0v) is 13.9.